The molecule has 0 unspecified atom stereocenters. The summed E-state index contributed by atoms with van der Waals surface area (Å²) in [5, 5.41) is 0. The molecule has 0 saturated heterocycles. The minimum absolute atomic E-state index is 0.0307. The first-order chi connectivity index (χ1) is 4.85. The van der Waals surface area contributed by atoms with Crippen molar-refractivity contribution in [1.82, 2.24) is 0 Å². The Balaban J connectivity index is 3.25. The van der Waals surface area contributed by atoms with E-state index in [1.807, 2.05) is 0 Å². The predicted octanol–water partition coefficient (Wildman–Crippen LogP) is 0.0406. The van der Waals surface area contributed by atoms with Crippen LogP contribution in [0.1, 0.15) is 0 Å². The lowest BCUT2D eigenvalue weighted by Gasteiger charge is -2.07. The zero-order chi connectivity index (χ0) is 7.82. The van der Waals surface area contributed by atoms with E-state index in [0.29, 0.717) is 13.2 Å². The van der Waals surface area contributed by atoms with Gasteiger partial charge in [-0.2, -0.15) is 0 Å². The summed E-state index contributed by atoms with van der Waals surface area (Å²) in [5.74, 6) is 0. The van der Waals surface area contributed by atoms with Gasteiger partial charge in [-0.05, 0) is 0 Å². The summed E-state index contributed by atoms with van der Waals surface area (Å²) in [6.45, 7) is 8.45. The van der Waals surface area contributed by atoms with Crippen molar-refractivity contribution >= 4 is 10.5 Å². The van der Waals surface area contributed by atoms with Crippen LogP contribution in [0.25, 0.3) is 0 Å². The maximum atomic E-state index is 5.24. The lowest BCUT2D eigenvalue weighted by atomic mass is 10.3. The molecule has 0 aromatic carbocycles. The highest BCUT2D eigenvalue weighted by atomic mass is 28.2. The summed E-state index contributed by atoms with van der Waals surface area (Å²) in [7, 11) is 0.770. The molecule has 0 N–H and O–H groups in total. The molecule has 0 aliphatic heterocycles. The second kappa shape index (κ2) is 6.73. The van der Waals surface area contributed by atoms with Gasteiger partial charge in [0.15, 0.2) is 0 Å². The molecule has 0 atom stereocenters. The summed E-state index contributed by atoms with van der Waals surface area (Å²) in [6.07, 6.45) is 3.39. The third kappa shape index (κ3) is 4.49. The number of rotatable bonds is 6. The summed E-state index contributed by atoms with van der Waals surface area (Å²) in [5.41, 5.74) is 0. The van der Waals surface area contributed by atoms with Crippen molar-refractivity contribution in [3.05, 3.63) is 25.3 Å². The molecule has 0 radical (unpaired) electrons. The fourth-order valence-electron chi connectivity index (χ4n) is 0.500. The van der Waals surface area contributed by atoms with Gasteiger partial charge < -0.3 is 9.16 Å². The third-order valence-electron chi connectivity index (χ3n) is 1.06. The smallest absolute Gasteiger partial charge is 0.146 e. The van der Waals surface area contributed by atoms with Gasteiger partial charge in [-0.15, -0.1) is 13.2 Å². The molecule has 0 aliphatic rings. The molecule has 0 heterocycles. The van der Waals surface area contributed by atoms with Gasteiger partial charge in [-0.25, -0.2) is 0 Å². The quantitative estimate of drug-likeness (QED) is 0.309. The van der Waals surface area contributed by atoms with E-state index in [2.05, 4.69) is 13.2 Å². The molecule has 0 saturated carbocycles. The highest BCUT2D eigenvalue weighted by Crippen LogP contribution is 1.92. The Morgan fingerprint density at radius 1 is 1.30 bits per heavy atom. The van der Waals surface area contributed by atoms with Crippen molar-refractivity contribution in [3.8, 4) is 0 Å². The Morgan fingerprint density at radius 2 is 1.90 bits per heavy atom. The van der Waals surface area contributed by atoms with E-state index in [9.17, 15) is 0 Å². The third-order valence-corrected chi connectivity index (χ3v) is 1.47. The first kappa shape index (κ1) is 9.62. The molecule has 58 valence electrons. The minimum Gasteiger partial charge on any atom is -0.426 e. The monoisotopic (exact) mass is 158 g/mol. The van der Waals surface area contributed by atoms with Gasteiger partial charge in [-0.1, -0.05) is 12.2 Å². The van der Waals surface area contributed by atoms with Crippen LogP contribution in [0.5, 0.6) is 0 Å². The Bertz CT molecular complexity index is 95.8. The second-order valence-electron chi connectivity index (χ2n) is 1.80. The SMILES string of the molecule is C=CC(C=C)OCCO[SiH3]. The van der Waals surface area contributed by atoms with Crippen LogP contribution in [-0.4, -0.2) is 29.8 Å². The number of hydrogen-bond donors (Lipinski definition) is 0. The van der Waals surface area contributed by atoms with Crippen molar-refractivity contribution in [3.63, 3.8) is 0 Å². The molecule has 0 bridgehead atoms. The Kier molecular flexibility index (Phi) is 6.47. The summed E-state index contributed by atoms with van der Waals surface area (Å²) < 4.78 is 10.2. The first-order valence-electron chi connectivity index (χ1n) is 3.20. The van der Waals surface area contributed by atoms with Gasteiger partial charge >= 0.3 is 0 Å². The van der Waals surface area contributed by atoms with E-state index in [-0.39, 0.29) is 6.10 Å². The maximum Gasteiger partial charge on any atom is 0.146 e. The average molecular weight is 158 g/mol. The van der Waals surface area contributed by atoms with Gasteiger partial charge in [-0.3, -0.25) is 0 Å². The zero-order valence-electron chi connectivity index (χ0n) is 6.38. The molecule has 2 nitrogen and oxygen atoms in total. The van der Waals surface area contributed by atoms with Crippen LogP contribution in [0.2, 0.25) is 0 Å². The van der Waals surface area contributed by atoms with Gasteiger partial charge in [0.2, 0.25) is 0 Å². The summed E-state index contributed by atoms with van der Waals surface area (Å²) >= 11 is 0. The molecule has 0 fully saturated rings. The Labute approximate surface area is 65.1 Å². The second-order valence-corrected chi connectivity index (χ2v) is 2.38. The van der Waals surface area contributed by atoms with E-state index in [1.54, 1.807) is 12.2 Å². The number of ether oxygens (including phenoxy) is 1. The van der Waals surface area contributed by atoms with Crippen LogP contribution in [0.15, 0.2) is 25.3 Å². The van der Waals surface area contributed by atoms with E-state index in [1.165, 1.54) is 0 Å². The Morgan fingerprint density at radius 3 is 2.30 bits per heavy atom. The predicted molar refractivity (Wildman–Crippen MR) is 46.0 cm³/mol. The van der Waals surface area contributed by atoms with Crippen molar-refractivity contribution in [2.75, 3.05) is 13.2 Å². The molecule has 10 heavy (non-hydrogen) atoms. The fraction of sp³-hybridized carbons (Fsp3) is 0.429. The minimum atomic E-state index is -0.0307. The maximum absolute atomic E-state index is 5.24. The van der Waals surface area contributed by atoms with Crippen molar-refractivity contribution in [2.24, 2.45) is 0 Å². The molecule has 0 aromatic rings. The highest BCUT2D eigenvalue weighted by molar-refractivity contribution is 5.97. The first-order valence-corrected chi connectivity index (χ1v) is 4.02. The molecule has 0 spiro atoms. The molecule has 0 rings (SSSR count). The van der Waals surface area contributed by atoms with Gasteiger partial charge in [0.1, 0.15) is 10.5 Å². The molecule has 0 aliphatic carbocycles. The van der Waals surface area contributed by atoms with E-state index < -0.39 is 0 Å². The van der Waals surface area contributed by atoms with Crippen LogP contribution in [-0.2, 0) is 9.16 Å². The molecule has 0 aromatic heterocycles. The average Bonchev–Trinajstić information content (AvgIpc) is 1.99. The van der Waals surface area contributed by atoms with Crippen LogP contribution >= 0.6 is 0 Å². The molecule has 3 heteroatoms. The van der Waals surface area contributed by atoms with Gasteiger partial charge in [0.05, 0.1) is 19.3 Å². The summed E-state index contributed by atoms with van der Waals surface area (Å²) in [6, 6.07) is 0. The summed E-state index contributed by atoms with van der Waals surface area (Å²) in [4.78, 5) is 0. The van der Waals surface area contributed by atoms with Crippen LogP contribution in [0, 0.1) is 0 Å². The van der Waals surface area contributed by atoms with Crippen molar-refractivity contribution in [2.45, 2.75) is 6.10 Å². The molecular formula is C7H14O2Si. The van der Waals surface area contributed by atoms with Crippen LogP contribution in [0.3, 0.4) is 0 Å². The largest absolute Gasteiger partial charge is 0.426 e. The van der Waals surface area contributed by atoms with Gasteiger partial charge in [0, 0.05) is 0 Å². The molecule has 0 amide bonds. The lowest BCUT2D eigenvalue weighted by Crippen LogP contribution is -2.10. The van der Waals surface area contributed by atoms with Crippen molar-refractivity contribution < 1.29 is 9.16 Å². The van der Waals surface area contributed by atoms with Crippen molar-refractivity contribution in [1.29, 1.82) is 0 Å². The van der Waals surface area contributed by atoms with E-state index in [4.69, 9.17) is 9.16 Å². The lowest BCUT2D eigenvalue weighted by molar-refractivity contribution is 0.0878. The zero-order valence-corrected chi connectivity index (χ0v) is 8.38. The fourth-order valence-corrected chi connectivity index (χ4v) is 0.667. The molecular weight excluding hydrogens is 144 g/mol. The van der Waals surface area contributed by atoms with Gasteiger partial charge in [0.25, 0.3) is 0 Å². The van der Waals surface area contributed by atoms with E-state index in [0.717, 1.165) is 10.5 Å². The normalized spacial score (nSPS) is 10.1. The standard InChI is InChI=1S/C7H14O2Si/c1-3-7(4-2)8-5-6-9-10/h3-4,7H,1-2,5-6H2,10H3. The van der Waals surface area contributed by atoms with E-state index >= 15 is 0 Å². The number of hydrogen-bond acceptors (Lipinski definition) is 2. The topological polar surface area (TPSA) is 18.5 Å². The van der Waals surface area contributed by atoms with Crippen LogP contribution in [0.4, 0.5) is 0 Å². The Hall–Kier alpha value is -0.383. The highest BCUT2D eigenvalue weighted by Gasteiger charge is 1.94. The van der Waals surface area contributed by atoms with Crippen LogP contribution < -0.4 is 0 Å².